The molecule has 0 amide bonds. The highest BCUT2D eigenvalue weighted by atomic mass is 35.5. The topological polar surface area (TPSA) is 18.8 Å². The highest BCUT2D eigenvalue weighted by Crippen LogP contribution is 2.46. The first-order valence-electron chi connectivity index (χ1n) is 16.1. The molecule has 46 heavy (non-hydrogen) atoms. The van der Waals surface area contributed by atoms with E-state index < -0.39 is 0 Å². The molecule has 0 radical (unpaired) electrons. The standard InChI is InChI=1S/C41H40ClN3S/c1-4-40(43-36-24-15-14-17-30(36)2)46-39-28-27-35(29-31(39)3)45(34-22-12-7-13-23-34)38-26-16-25-37(41(38)42)44(32-18-8-5-9-19-32)33-20-10-6-11-21-33/h5,7-9,12-20,22-29H,4,6,10-11,21H2,1-3H3. The largest absolute Gasteiger partial charge is 0.313 e. The predicted octanol–water partition coefficient (Wildman–Crippen LogP) is 13.3. The molecule has 0 fully saturated rings. The van der Waals surface area contributed by atoms with E-state index in [2.05, 4.69) is 152 Å². The van der Waals surface area contributed by atoms with Crippen molar-refractivity contribution >= 4 is 62.5 Å². The number of para-hydroxylation sites is 3. The van der Waals surface area contributed by atoms with Crippen LogP contribution in [0, 0.1) is 13.8 Å². The first-order chi connectivity index (χ1) is 22.5. The van der Waals surface area contributed by atoms with Gasteiger partial charge in [0.25, 0.3) is 0 Å². The van der Waals surface area contributed by atoms with Gasteiger partial charge >= 0.3 is 0 Å². The van der Waals surface area contributed by atoms with Crippen LogP contribution >= 0.6 is 23.4 Å². The highest BCUT2D eigenvalue weighted by Gasteiger charge is 2.24. The van der Waals surface area contributed by atoms with Gasteiger partial charge in [0.15, 0.2) is 0 Å². The van der Waals surface area contributed by atoms with Crippen molar-refractivity contribution in [2.75, 3.05) is 9.80 Å². The van der Waals surface area contributed by atoms with E-state index in [0.29, 0.717) is 0 Å². The minimum atomic E-state index is 0.719. The molecule has 0 aliphatic heterocycles. The van der Waals surface area contributed by atoms with E-state index >= 15 is 0 Å². The van der Waals surface area contributed by atoms with Crippen molar-refractivity contribution in [3.8, 4) is 0 Å². The zero-order chi connectivity index (χ0) is 31.9. The molecule has 0 N–H and O–H groups in total. The van der Waals surface area contributed by atoms with Gasteiger partial charge in [0.2, 0.25) is 0 Å². The number of nitrogens with zero attached hydrogens (tertiary/aromatic N) is 3. The highest BCUT2D eigenvalue weighted by molar-refractivity contribution is 8.14. The molecule has 5 aromatic carbocycles. The summed E-state index contributed by atoms with van der Waals surface area (Å²) in [6, 6.07) is 42.5. The van der Waals surface area contributed by atoms with Gasteiger partial charge in [-0.1, -0.05) is 97.0 Å². The summed E-state index contributed by atoms with van der Waals surface area (Å²) in [7, 11) is 0. The van der Waals surface area contributed by atoms with Crippen LogP contribution in [0.2, 0.25) is 5.02 Å². The van der Waals surface area contributed by atoms with Gasteiger partial charge < -0.3 is 9.80 Å². The average molecular weight is 642 g/mol. The summed E-state index contributed by atoms with van der Waals surface area (Å²) >= 11 is 9.23. The van der Waals surface area contributed by atoms with E-state index in [1.54, 1.807) is 11.8 Å². The molecule has 5 heteroatoms. The lowest BCUT2D eigenvalue weighted by Crippen LogP contribution is -2.19. The lowest BCUT2D eigenvalue weighted by atomic mass is 10.0. The second kappa shape index (κ2) is 14.9. The molecule has 5 aromatic rings. The fraction of sp³-hybridized carbons (Fsp3) is 0.195. The number of rotatable bonds is 9. The predicted molar refractivity (Wildman–Crippen MR) is 200 cm³/mol. The third-order valence-corrected chi connectivity index (χ3v) is 10.0. The molecule has 0 unspecified atom stereocenters. The van der Waals surface area contributed by atoms with E-state index in [1.165, 1.54) is 34.6 Å². The van der Waals surface area contributed by atoms with Gasteiger partial charge in [0, 0.05) is 27.7 Å². The molecule has 3 nitrogen and oxygen atoms in total. The molecule has 0 spiro atoms. The van der Waals surface area contributed by atoms with Crippen molar-refractivity contribution in [2.24, 2.45) is 4.99 Å². The SMILES string of the molecule is CCC(=Nc1ccccc1C)Sc1ccc(N(c2ccccc2)c2cccc(N(C3=CCCCC3)c3ccccc3)c2Cl)cc1C. The Hall–Kier alpha value is -4.25. The Morgan fingerprint density at radius 1 is 0.696 bits per heavy atom. The summed E-state index contributed by atoms with van der Waals surface area (Å²) in [6.45, 7) is 6.46. The molecule has 0 atom stereocenters. The van der Waals surface area contributed by atoms with Gasteiger partial charge in [-0.2, -0.15) is 0 Å². The van der Waals surface area contributed by atoms with Crippen molar-refractivity contribution in [1.82, 2.24) is 0 Å². The number of aryl methyl sites for hydroxylation is 2. The van der Waals surface area contributed by atoms with E-state index in [0.717, 1.165) is 63.5 Å². The van der Waals surface area contributed by atoms with E-state index in [4.69, 9.17) is 16.6 Å². The van der Waals surface area contributed by atoms with Crippen LogP contribution in [-0.4, -0.2) is 5.04 Å². The quantitative estimate of drug-likeness (QED) is 0.0906. The number of thioether (sulfide) groups is 1. The number of hydrogen-bond donors (Lipinski definition) is 0. The van der Waals surface area contributed by atoms with Crippen LogP contribution in [0.4, 0.5) is 34.1 Å². The monoisotopic (exact) mass is 641 g/mol. The Kier molecular flexibility index (Phi) is 10.3. The van der Waals surface area contributed by atoms with Crippen molar-refractivity contribution in [3.05, 3.63) is 149 Å². The average Bonchev–Trinajstić information content (AvgIpc) is 3.09. The molecular formula is C41H40ClN3S. The smallest absolute Gasteiger partial charge is 0.0886 e. The number of anilines is 5. The zero-order valence-electron chi connectivity index (χ0n) is 26.8. The number of benzene rings is 5. The van der Waals surface area contributed by atoms with Crippen LogP contribution in [0.1, 0.15) is 50.2 Å². The second-order valence-electron chi connectivity index (χ2n) is 11.6. The number of hydrogen-bond acceptors (Lipinski definition) is 4. The van der Waals surface area contributed by atoms with Crippen molar-refractivity contribution in [3.63, 3.8) is 0 Å². The van der Waals surface area contributed by atoms with Gasteiger partial charge in [-0.15, -0.1) is 0 Å². The second-order valence-corrected chi connectivity index (χ2v) is 13.1. The summed E-state index contributed by atoms with van der Waals surface area (Å²) in [5.74, 6) is 0. The maximum atomic E-state index is 7.49. The number of halogens is 1. The van der Waals surface area contributed by atoms with Crippen LogP contribution < -0.4 is 9.80 Å². The number of aliphatic imine (C=N–C) groups is 1. The first kappa shape index (κ1) is 31.7. The molecule has 1 aliphatic carbocycles. The van der Waals surface area contributed by atoms with Crippen molar-refractivity contribution in [2.45, 2.75) is 57.8 Å². The molecule has 6 rings (SSSR count). The molecule has 0 bridgehead atoms. The van der Waals surface area contributed by atoms with Crippen LogP contribution in [-0.2, 0) is 0 Å². The summed E-state index contributed by atoms with van der Waals surface area (Å²) in [5, 5.41) is 1.82. The Labute approximate surface area is 283 Å². The molecule has 232 valence electrons. The van der Waals surface area contributed by atoms with Gasteiger partial charge in [0.05, 0.1) is 27.1 Å². The summed E-state index contributed by atoms with van der Waals surface area (Å²) in [5.41, 5.74) is 9.88. The fourth-order valence-corrected chi connectivity index (χ4v) is 7.12. The van der Waals surface area contributed by atoms with Crippen LogP contribution in [0.25, 0.3) is 0 Å². The number of allylic oxidation sites excluding steroid dienone is 2. The van der Waals surface area contributed by atoms with Crippen molar-refractivity contribution in [1.29, 1.82) is 0 Å². The Morgan fingerprint density at radius 3 is 1.98 bits per heavy atom. The molecule has 0 saturated carbocycles. The molecule has 0 heterocycles. The molecular weight excluding hydrogens is 602 g/mol. The maximum Gasteiger partial charge on any atom is 0.0886 e. The summed E-state index contributed by atoms with van der Waals surface area (Å²) < 4.78 is 0. The minimum Gasteiger partial charge on any atom is -0.313 e. The fourth-order valence-electron chi connectivity index (χ4n) is 5.93. The Bertz CT molecular complexity index is 1850. The lowest BCUT2D eigenvalue weighted by molar-refractivity contribution is 0.691. The van der Waals surface area contributed by atoms with Crippen LogP contribution in [0.15, 0.2) is 143 Å². The minimum absolute atomic E-state index is 0.719. The first-order valence-corrected chi connectivity index (χ1v) is 17.3. The molecule has 0 aromatic heterocycles. The van der Waals surface area contributed by atoms with Gasteiger partial charge in [-0.25, -0.2) is 4.99 Å². The Morgan fingerprint density at radius 2 is 1.35 bits per heavy atom. The van der Waals surface area contributed by atoms with E-state index in [-0.39, 0.29) is 0 Å². The van der Waals surface area contributed by atoms with Gasteiger partial charge in [-0.3, -0.25) is 0 Å². The van der Waals surface area contributed by atoms with E-state index in [9.17, 15) is 0 Å². The normalized spacial score (nSPS) is 13.3. The van der Waals surface area contributed by atoms with Crippen LogP contribution in [0.3, 0.4) is 0 Å². The maximum absolute atomic E-state index is 7.49. The van der Waals surface area contributed by atoms with Gasteiger partial charge in [-0.05, 0) is 118 Å². The van der Waals surface area contributed by atoms with E-state index in [1.807, 2.05) is 6.07 Å². The molecule has 1 aliphatic rings. The Balaban J connectivity index is 1.41. The third kappa shape index (κ3) is 7.09. The zero-order valence-corrected chi connectivity index (χ0v) is 28.4. The summed E-state index contributed by atoms with van der Waals surface area (Å²) in [6.07, 6.45) is 7.77. The lowest BCUT2D eigenvalue weighted by Gasteiger charge is -2.33. The van der Waals surface area contributed by atoms with Crippen molar-refractivity contribution < 1.29 is 0 Å². The summed E-state index contributed by atoms with van der Waals surface area (Å²) in [4.78, 5) is 10.8. The third-order valence-electron chi connectivity index (χ3n) is 8.33. The molecule has 0 saturated heterocycles. The van der Waals surface area contributed by atoms with Crippen LogP contribution in [0.5, 0.6) is 0 Å². The van der Waals surface area contributed by atoms with Gasteiger partial charge in [0.1, 0.15) is 0 Å².